The van der Waals surface area contributed by atoms with E-state index in [1.54, 1.807) is 0 Å². The van der Waals surface area contributed by atoms with Gasteiger partial charge in [-0.1, -0.05) is 0 Å². The van der Waals surface area contributed by atoms with E-state index in [4.69, 9.17) is 0 Å². The van der Waals surface area contributed by atoms with E-state index >= 15 is 0 Å². The highest BCUT2D eigenvalue weighted by Gasteiger charge is 2.40. The van der Waals surface area contributed by atoms with Gasteiger partial charge < -0.3 is 5.32 Å². The van der Waals surface area contributed by atoms with Gasteiger partial charge in [0.2, 0.25) is 0 Å². The van der Waals surface area contributed by atoms with Crippen molar-refractivity contribution in [3.63, 3.8) is 0 Å². The molecule has 0 amide bonds. The summed E-state index contributed by atoms with van der Waals surface area (Å²) in [7, 11) is -2.77. The number of nitrogens with zero attached hydrogens (tertiary/aromatic N) is 1. The molecule has 0 aliphatic carbocycles. The van der Waals surface area contributed by atoms with Crippen LogP contribution in [0, 0.1) is 5.92 Å². The Morgan fingerprint density at radius 2 is 2.00 bits per heavy atom. The fourth-order valence-electron chi connectivity index (χ4n) is 3.82. The molecule has 0 radical (unpaired) electrons. The van der Waals surface area contributed by atoms with Crippen molar-refractivity contribution in [2.75, 3.05) is 31.1 Å². The molecule has 0 aromatic rings. The van der Waals surface area contributed by atoms with Crippen LogP contribution in [0.15, 0.2) is 0 Å². The molecule has 3 rings (SSSR count). The maximum atomic E-state index is 11.8. The van der Waals surface area contributed by atoms with E-state index in [1.807, 2.05) is 0 Å². The minimum absolute atomic E-state index is 0.293. The molecule has 4 nitrogen and oxygen atoms in total. The Morgan fingerprint density at radius 3 is 2.82 bits per heavy atom. The summed E-state index contributed by atoms with van der Waals surface area (Å²) in [5.74, 6) is 1.56. The highest BCUT2D eigenvalue weighted by molar-refractivity contribution is 7.91. The normalized spacial score (nSPS) is 42.2. The van der Waals surface area contributed by atoms with E-state index in [0.717, 1.165) is 38.4 Å². The van der Waals surface area contributed by atoms with Gasteiger partial charge in [-0.2, -0.15) is 0 Å². The fraction of sp³-hybridized carbons (Fsp3) is 1.00. The molecule has 98 valence electrons. The Balaban J connectivity index is 1.74. The summed E-state index contributed by atoms with van der Waals surface area (Å²) in [5, 5.41) is 3.46. The first-order valence-corrected chi connectivity index (χ1v) is 8.65. The maximum Gasteiger partial charge on any atom is 0.151 e. The third kappa shape index (κ3) is 2.37. The quantitative estimate of drug-likeness (QED) is 0.732. The standard InChI is InChI=1S/C12H22N2O2S/c15-17(16)6-2-4-11(9-17)14-5-1-3-10-7-13-8-12(10)14/h10-13H,1-9H2. The molecule has 3 unspecified atom stereocenters. The molecule has 0 saturated carbocycles. The zero-order valence-corrected chi connectivity index (χ0v) is 11.1. The van der Waals surface area contributed by atoms with Crippen molar-refractivity contribution in [2.24, 2.45) is 5.92 Å². The number of sulfone groups is 1. The van der Waals surface area contributed by atoms with E-state index in [9.17, 15) is 8.42 Å². The summed E-state index contributed by atoms with van der Waals surface area (Å²) in [6.07, 6.45) is 4.48. The number of hydrogen-bond acceptors (Lipinski definition) is 4. The zero-order chi connectivity index (χ0) is 11.9. The first-order chi connectivity index (χ1) is 8.16. The molecule has 3 heterocycles. The molecule has 3 aliphatic heterocycles. The van der Waals surface area contributed by atoms with Gasteiger partial charge in [-0.3, -0.25) is 4.90 Å². The number of piperidine rings is 1. The van der Waals surface area contributed by atoms with Gasteiger partial charge in [0.25, 0.3) is 0 Å². The number of likely N-dealkylation sites (tertiary alicyclic amines) is 1. The Kier molecular flexibility index (Phi) is 3.17. The van der Waals surface area contributed by atoms with Crippen LogP contribution in [0.5, 0.6) is 0 Å². The summed E-state index contributed by atoms with van der Waals surface area (Å²) >= 11 is 0. The first kappa shape index (κ1) is 11.9. The summed E-state index contributed by atoms with van der Waals surface area (Å²) in [6, 6.07) is 0.892. The van der Waals surface area contributed by atoms with Gasteiger partial charge in [-0.15, -0.1) is 0 Å². The van der Waals surface area contributed by atoms with Gasteiger partial charge in [0.05, 0.1) is 11.5 Å². The van der Waals surface area contributed by atoms with Crippen LogP contribution in [0.4, 0.5) is 0 Å². The van der Waals surface area contributed by atoms with Crippen LogP contribution in [0.25, 0.3) is 0 Å². The molecule has 5 heteroatoms. The van der Waals surface area contributed by atoms with Crippen LogP contribution >= 0.6 is 0 Å². The highest BCUT2D eigenvalue weighted by Crippen LogP contribution is 2.30. The first-order valence-electron chi connectivity index (χ1n) is 6.82. The number of hydrogen-bond donors (Lipinski definition) is 1. The lowest BCUT2D eigenvalue weighted by Crippen LogP contribution is -2.53. The monoisotopic (exact) mass is 258 g/mol. The number of nitrogens with one attached hydrogen (secondary N) is 1. The van der Waals surface area contributed by atoms with Gasteiger partial charge in [-0.25, -0.2) is 8.42 Å². The molecule has 3 aliphatic rings. The average molecular weight is 258 g/mol. The van der Waals surface area contributed by atoms with E-state index in [1.165, 1.54) is 12.8 Å². The molecule has 0 bridgehead atoms. The summed E-state index contributed by atoms with van der Waals surface area (Å²) < 4.78 is 23.5. The third-order valence-electron chi connectivity index (χ3n) is 4.63. The largest absolute Gasteiger partial charge is 0.315 e. The van der Waals surface area contributed by atoms with Crippen LogP contribution in [0.2, 0.25) is 0 Å². The molecule has 3 atom stereocenters. The molecule has 1 N–H and O–H groups in total. The van der Waals surface area contributed by atoms with Gasteiger partial charge in [0.1, 0.15) is 0 Å². The Bertz CT molecular complexity index is 382. The Morgan fingerprint density at radius 1 is 1.12 bits per heavy atom. The molecular weight excluding hydrogens is 236 g/mol. The van der Waals surface area contributed by atoms with E-state index in [-0.39, 0.29) is 0 Å². The second kappa shape index (κ2) is 4.52. The third-order valence-corrected chi connectivity index (χ3v) is 6.43. The minimum atomic E-state index is -2.77. The fourth-order valence-corrected chi connectivity index (χ4v) is 5.53. The van der Waals surface area contributed by atoms with Crippen molar-refractivity contribution in [1.29, 1.82) is 0 Å². The van der Waals surface area contributed by atoms with Crippen LogP contribution in [0.1, 0.15) is 25.7 Å². The van der Waals surface area contributed by atoms with Crippen molar-refractivity contribution in [1.82, 2.24) is 10.2 Å². The van der Waals surface area contributed by atoms with Crippen molar-refractivity contribution in [3.05, 3.63) is 0 Å². The van der Waals surface area contributed by atoms with E-state index < -0.39 is 9.84 Å². The van der Waals surface area contributed by atoms with Crippen molar-refractivity contribution in [2.45, 2.75) is 37.8 Å². The van der Waals surface area contributed by atoms with E-state index in [0.29, 0.717) is 23.6 Å². The van der Waals surface area contributed by atoms with Crippen LogP contribution < -0.4 is 5.32 Å². The number of fused-ring (bicyclic) bond motifs is 1. The average Bonchev–Trinajstić information content (AvgIpc) is 2.75. The molecule has 0 aromatic carbocycles. The second-order valence-corrected chi connectivity index (χ2v) is 8.00. The summed E-state index contributed by atoms with van der Waals surface area (Å²) in [5.41, 5.74) is 0. The lowest BCUT2D eigenvalue weighted by atomic mass is 9.90. The van der Waals surface area contributed by atoms with Crippen molar-refractivity contribution >= 4 is 9.84 Å². The van der Waals surface area contributed by atoms with Crippen molar-refractivity contribution in [3.8, 4) is 0 Å². The minimum Gasteiger partial charge on any atom is -0.315 e. The van der Waals surface area contributed by atoms with Gasteiger partial charge in [-0.05, 0) is 44.7 Å². The predicted molar refractivity (Wildman–Crippen MR) is 67.8 cm³/mol. The van der Waals surface area contributed by atoms with E-state index in [2.05, 4.69) is 10.2 Å². The van der Waals surface area contributed by atoms with Gasteiger partial charge in [0.15, 0.2) is 9.84 Å². The second-order valence-electron chi connectivity index (χ2n) is 5.78. The van der Waals surface area contributed by atoms with Gasteiger partial charge >= 0.3 is 0 Å². The van der Waals surface area contributed by atoms with Gasteiger partial charge in [0, 0.05) is 18.6 Å². The summed E-state index contributed by atoms with van der Waals surface area (Å²) in [6.45, 7) is 3.28. The highest BCUT2D eigenvalue weighted by atomic mass is 32.2. The zero-order valence-electron chi connectivity index (χ0n) is 10.3. The lowest BCUT2D eigenvalue weighted by Gasteiger charge is -2.43. The number of rotatable bonds is 1. The van der Waals surface area contributed by atoms with Crippen molar-refractivity contribution < 1.29 is 8.42 Å². The Hall–Kier alpha value is -0.130. The molecule has 3 saturated heterocycles. The molecule has 3 fully saturated rings. The predicted octanol–water partition coefficient (Wildman–Crippen LogP) is 0.247. The van der Waals surface area contributed by atoms with Crippen LogP contribution in [-0.4, -0.2) is 56.5 Å². The topological polar surface area (TPSA) is 49.4 Å². The Labute approximate surface area is 104 Å². The SMILES string of the molecule is O=S1(=O)CCCC(N2CCCC3CNCC32)C1. The maximum absolute atomic E-state index is 11.8. The molecular formula is C12H22N2O2S. The molecule has 0 aromatic heterocycles. The smallest absolute Gasteiger partial charge is 0.151 e. The van der Waals surface area contributed by atoms with Crippen LogP contribution in [0.3, 0.4) is 0 Å². The molecule has 17 heavy (non-hydrogen) atoms. The lowest BCUT2D eigenvalue weighted by molar-refractivity contribution is 0.0802. The molecule has 0 spiro atoms. The van der Waals surface area contributed by atoms with Crippen LogP contribution in [-0.2, 0) is 9.84 Å². The summed E-state index contributed by atoms with van der Waals surface area (Å²) in [4.78, 5) is 2.50.